The Bertz CT molecular complexity index is 365. The van der Waals surface area contributed by atoms with Gasteiger partial charge in [-0.1, -0.05) is 32.1 Å². The summed E-state index contributed by atoms with van der Waals surface area (Å²) in [7, 11) is 4.12. The van der Waals surface area contributed by atoms with Crippen molar-refractivity contribution < 1.29 is 0 Å². The number of benzene rings is 1. The van der Waals surface area contributed by atoms with Crippen molar-refractivity contribution in [2.24, 2.45) is 5.73 Å². The lowest BCUT2D eigenvalue weighted by molar-refractivity contribution is 0.865. The molecule has 0 atom stereocenters. The van der Waals surface area contributed by atoms with Gasteiger partial charge in [0.05, 0.1) is 0 Å². The van der Waals surface area contributed by atoms with E-state index in [-0.39, 0.29) is 0 Å². The van der Waals surface area contributed by atoms with Gasteiger partial charge in [-0.3, -0.25) is 0 Å². The van der Waals surface area contributed by atoms with Crippen molar-refractivity contribution in [3.05, 3.63) is 35.4 Å². The number of hydrogen-bond donors (Lipinski definition) is 1. The Labute approximate surface area is 98.8 Å². The van der Waals surface area contributed by atoms with Crippen LogP contribution in [0.2, 0.25) is 0 Å². The largest absolute Gasteiger partial charge is 0.377 e. The lowest BCUT2D eigenvalue weighted by Crippen LogP contribution is -2.10. The van der Waals surface area contributed by atoms with Gasteiger partial charge in [-0.05, 0) is 29.2 Å². The van der Waals surface area contributed by atoms with Crippen molar-refractivity contribution in [2.75, 3.05) is 25.5 Å². The van der Waals surface area contributed by atoms with E-state index in [1.54, 1.807) is 0 Å². The van der Waals surface area contributed by atoms with Gasteiger partial charge < -0.3 is 10.6 Å². The van der Waals surface area contributed by atoms with Crippen LogP contribution in [0.3, 0.4) is 0 Å². The van der Waals surface area contributed by atoms with Crippen LogP contribution in [0.15, 0.2) is 24.3 Å². The molecular weight excluding hydrogens is 196 g/mol. The first kappa shape index (κ1) is 12.8. The molecule has 0 aliphatic rings. The average Bonchev–Trinajstić information content (AvgIpc) is 2.25. The standard InChI is InChI=1S/C14H22N2/c1-11(2)12-7-8-14(16(3)4)13(10-12)6-5-9-15/h5-8,10-11H,9,15H2,1-4H3/b6-5+. The normalized spacial score (nSPS) is 11.4. The fourth-order valence-electron chi connectivity index (χ4n) is 1.67. The minimum Gasteiger partial charge on any atom is -0.377 e. The van der Waals surface area contributed by atoms with Crippen molar-refractivity contribution in [3.8, 4) is 0 Å². The molecule has 2 N–H and O–H groups in total. The molecule has 1 aromatic rings. The van der Waals surface area contributed by atoms with E-state index in [2.05, 4.69) is 57.1 Å². The predicted octanol–water partition coefficient (Wildman–Crippen LogP) is 2.85. The van der Waals surface area contributed by atoms with Crippen molar-refractivity contribution in [2.45, 2.75) is 19.8 Å². The van der Waals surface area contributed by atoms with Crippen LogP contribution in [-0.2, 0) is 0 Å². The van der Waals surface area contributed by atoms with Gasteiger partial charge in [0, 0.05) is 26.3 Å². The Hall–Kier alpha value is -1.28. The van der Waals surface area contributed by atoms with Gasteiger partial charge in [-0.25, -0.2) is 0 Å². The molecule has 2 nitrogen and oxygen atoms in total. The molecule has 0 amide bonds. The fourth-order valence-corrected chi connectivity index (χ4v) is 1.67. The Morgan fingerprint density at radius 1 is 1.31 bits per heavy atom. The third kappa shape index (κ3) is 3.11. The van der Waals surface area contributed by atoms with Gasteiger partial charge in [0.15, 0.2) is 0 Å². The summed E-state index contributed by atoms with van der Waals surface area (Å²) in [5, 5.41) is 0. The monoisotopic (exact) mass is 218 g/mol. The van der Waals surface area contributed by atoms with E-state index in [9.17, 15) is 0 Å². The van der Waals surface area contributed by atoms with Crippen LogP contribution in [-0.4, -0.2) is 20.6 Å². The van der Waals surface area contributed by atoms with Gasteiger partial charge in [0.2, 0.25) is 0 Å². The molecule has 0 saturated heterocycles. The van der Waals surface area contributed by atoms with E-state index in [1.165, 1.54) is 16.8 Å². The van der Waals surface area contributed by atoms with Crippen LogP contribution >= 0.6 is 0 Å². The molecule has 0 aromatic heterocycles. The average molecular weight is 218 g/mol. The molecule has 0 saturated carbocycles. The highest BCUT2D eigenvalue weighted by molar-refractivity contribution is 5.68. The van der Waals surface area contributed by atoms with Crippen molar-refractivity contribution in [1.82, 2.24) is 0 Å². The lowest BCUT2D eigenvalue weighted by Gasteiger charge is -2.17. The van der Waals surface area contributed by atoms with Gasteiger partial charge in [-0.15, -0.1) is 0 Å². The van der Waals surface area contributed by atoms with E-state index in [1.807, 2.05) is 6.08 Å². The van der Waals surface area contributed by atoms with Crippen LogP contribution in [0.25, 0.3) is 6.08 Å². The topological polar surface area (TPSA) is 29.3 Å². The maximum absolute atomic E-state index is 5.50. The van der Waals surface area contributed by atoms with Gasteiger partial charge >= 0.3 is 0 Å². The molecule has 0 bridgehead atoms. The lowest BCUT2D eigenvalue weighted by atomic mass is 9.99. The second kappa shape index (κ2) is 5.71. The first-order chi connectivity index (χ1) is 7.56. The molecule has 0 aliphatic heterocycles. The third-order valence-electron chi connectivity index (χ3n) is 2.63. The molecule has 0 fully saturated rings. The van der Waals surface area contributed by atoms with Crippen molar-refractivity contribution in [1.29, 1.82) is 0 Å². The SMILES string of the molecule is CC(C)c1ccc(N(C)C)c(/C=C/CN)c1. The Balaban J connectivity index is 3.15. The Kier molecular flexibility index (Phi) is 4.56. The summed E-state index contributed by atoms with van der Waals surface area (Å²) in [5.41, 5.74) is 9.33. The van der Waals surface area contributed by atoms with E-state index in [0.29, 0.717) is 12.5 Å². The summed E-state index contributed by atoms with van der Waals surface area (Å²) >= 11 is 0. The molecule has 1 aromatic carbocycles. The van der Waals surface area contributed by atoms with Gasteiger partial charge in [0.1, 0.15) is 0 Å². The van der Waals surface area contributed by atoms with Crippen LogP contribution < -0.4 is 10.6 Å². The predicted molar refractivity (Wildman–Crippen MR) is 72.9 cm³/mol. The maximum Gasteiger partial charge on any atom is 0.0434 e. The summed E-state index contributed by atoms with van der Waals surface area (Å²) < 4.78 is 0. The zero-order valence-electron chi connectivity index (χ0n) is 10.7. The highest BCUT2D eigenvalue weighted by Crippen LogP contribution is 2.25. The van der Waals surface area contributed by atoms with Crippen LogP contribution in [0.1, 0.15) is 30.9 Å². The first-order valence-electron chi connectivity index (χ1n) is 5.74. The molecule has 16 heavy (non-hydrogen) atoms. The summed E-state index contributed by atoms with van der Waals surface area (Å²) in [5.74, 6) is 0.557. The molecule has 0 heterocycles. The Morgan fingerprint density at radius 2 is 2.00 bits per heavy atom. The van der Waals surface area contributed by atoms with Crippen LogP contribution in [0.4, 0.5) is 5.69 Å². The smallest absolute Gasteiger partial charge is 0.0434 e. The molecule has 0 aliphatic carbocycles. The quantitative estimate of drug-likeness (QED) is 0.842. The van der Waals surface area contributed by atoms with E-state index in [4.69, 9.17) is 5.73 Å². The second-order valence-corrected chi connectivity index (χ2v) is 4.51. The van der Waals surface area contributed by atoms with Crippen molar-refractivity contribution >= 4 is 11.8 Å². The summed E-state index contributed by atoms with van der Waals surface area (Å²) in [6.07, 6.45) is 4.09. The fraction of sp³-hybridized carbons (Fsp3) is 0.429. The molecule has 0 radical (unpaired) electrons. The number of hydrogen-bond acceptors (Lipinski definition) is 2. The molecular formula is C14H22N2. The number of nitrogens with zero attached hydrogens (tertiary/aromatic N) is 1. The minimum atomic E-state index is 0.557. The van der Waals surface area contributed by atoms with Crippen LogP contribution in [0.5, 0.6) is 0 Å². The summed E-state index contributed by atoms with van der Waals surface area (Å²) in [6, 6.07) is 6.61. The minimum absolute atomic E-state index is 0.557. The zero-order chi connectivity index (χ0) is 12.1. The molecule has 0 spiro atoms. The highest BCUT2D eigenvalue weighted by atomic mass is 15.1. The maximum atomic E-state index is 5.50. The number of anilines is 1. The van der Waals surface area contributed by atoms with E-state index < -0.39 is 0 Å². The van der Waals surface area contributed by atoms with E-state index >= 15 is 0 Å². The van der Waals surface area contributed by atoms with Gasteiger partial charge in [-0.2, -0.15) is 0 Å². The highest BCUT2D eigenvalue weighted by Gasteiger charge is 2.05. The summed E-state index contributed by atoms with van der Waals surface area (Å²) in [6.45, 7) is 5.00. The Morgan fingerprint density at radius 3 is 2.50 bits per heavy atom. The molecule has 1 rings (SSSR count). The van der Waals surface area contributed by atoms with Gasteiger partial charge in [0.25, 0.3) is 0 Å². The van der Waals surface area contributed by atoms with E-state index in [0.717, 1.165) is 0 Å². The van der Waals surface area contributed by atoms with Crippen LogP contribution in [0, 0.1) is 0 Å². The molecule has 2 heteroatoms. The van der Waals surface area contributed by atoms with Crippen molar-refractivity contribution in [3.63, 3.8) is 0 Å². The molecule has 88 valence electrons. The number of rotatable bonds is 4. The zero-order valence-corrected chi connectivity index (χ0v) is 10.7. The number of nitrogens with two attached hydrogens (primary N) is 1. The third-order valence-corrected chi connectivity index (χ3v) is 2.63. The summed E-state index contributed by atoms with van der Waals surface area (Å²) in [4.78, 5) is 2.13. The second-order valence-electron chi connectivity index (χ2n) is 4.51. The first-order valence-corrected chi connectivity index (χ1v) is 5.74. The molecule has 0 unspecified atom stereocenters.